The van der Waals surface area contributed by atoms with E-state index in [1.165, 1.54) is 0 Å². The van der Waals surface area contributed by atoms with Gasteiger partial charge in [0.1, 0.15) is 6.07 Å². The number of halogens is 1. The summed E-state index contributed by atoms with van der Waals surface area (Å²) in [6.45, 7) is 1.09. The molecule has 0 unspecified atom stereocenters. The van der Waals surface area contributed by atoms with E-state index >= 15 is 0 Å². The molecule has 19 heavy (non-hydrogen) atoms. The van der Waals surface area contributed by atoms with Crippen LogP contribution in [0.2, 0.25) is 0 Å². The molecule has 3 rings (SSSR count). The summed E-state index contributed by atoms with van der Waals surface area (Å²) < 4.78 is 12.7. The Morgan fingerprint density at radius 2 is 2.11 bits per heavy atom. The van der Waals surface area contributed by atoms with Gasteiger partial charge in [-0.2, -0.15) is 5.26 Å². The van der Waals surface area contributed by atoms with Crippen molar-refractivity contribution in [3.63, 3.8) is 0 Å². The first-order chi connectivity index (χ1) is 9.31. The van der Waals surface area contributed by atoms with Gasteiger partial charge in [-0.25, -0.2) is 0 Å². The summed E-state index contributed by atoms with van der Waals surface area (Å²) in [7, 11) is 0. The largest absolute Gasteiger partial charge is 0.454 e. The van der Waals surface area contributed by atoms with Crippen molar-refractivity contribution in [3.05, 3.63) is 36.2 Å². The summed E-state index contributed by atoms with van der Waals surface area (Å²) >= 11 is 3.40. The molecule has 2 heterocycles. The molecule has 0 saturated carbocycles. The smallest absolute Gasteiger partial charge is 0.231 e. The van der Waals surface area contributed by atoms with Crippen LogP contribution < -0.4 is 9.47 Å². The Kier molecular flexibility index (Phi) is 3.18. The third-order valence-electron chi connectivity index (χ3n) is 3.03. The quantitative estimate of drug-likeness (QED) is 0.817. The number of hydrogen-bond acceptors (Lipinski definition) is 3. The Morgan fingerprint density at radius 1 is 1.26 bits per heavy atom. The molecule has 1 aromatic heterocycles. The predicted octanol–water partition coefficient (Wildman–Crippen LogP) is 3.15. The van der Waals surface area contributed by atoms with Gasteiger partial charge >= 0.3 is 0 Å². The molecule has 0 atom stereocenters. The average molecular weight is 319 g/mol. The number of fused-ring (bicyclic) bond motifs is 1. The number of ether oxygens (including phenoxy) is 2. The number of benzene rings is 1. The number of aromatic nitrogens is 1. The molecule has 96 valence electrons. The number of nitriles is 1. The lowest BCUT2D eigenvalue weighted by Gasteiger charge is -2.01. The molecular weight excluding hydrogens is 308 g/mol. The molecule has 0 bridgehead atoms. The molecule has 0 saturated heterocycles. The van der Waals surface area contributed by atoms with Crippen molar-refractivity contribution in [2.75, 3.05) is 12.1 Å². The lowest BCUT2D eigenvalue weighted by molar-refractivity contribution is 0.174. The summed E-state index contributed by atoms with van der Waals surface area (Å²) in [4.78, 5) is 0. The standard InChI is InChI=1S/C14H11BrN2O2/c15-3-4-17-7-11(6-16)12(8-17)10-1-2-13-14(5-10)19-9-18-13/h1-2,5,7-8H,3-4,9H2. The molecule has 1 aromatic carbocycles. The number of nitrogens with zero attached hydrogens (tertiary/aromatic N) is 2. The van der Waals surface area contributed by atoms with Gasteiger partial charge in [-0.3, -0.25) is 0 Å². The molecule has 0 N–H and O–H groups in total. The highest BCUT2D eigenvalue weighted by Gasteiger charge is 2.16. The molecule has 4 nitrogen and oxygen atoms in total. The number of aryl methyl sites for hydroxylation is 1. The van der Waals surface area contributed by atoms with E-state index in [1.807, 2.05) is 35.2 Å². The van der Waals surface area contributed by atoms with E-state index in [-0.39, 0.29) is 6.79 Å². The molecule has 1 aliphatic rings. The van der Waals surface area contributed by atoms with Gasteiger partial charge in [0.25, 0.3) is 0 Å². The summed E-state index contributed by atoms with van der Waals surface area (Å²) in [5, 5.41) is 10.1. The maximum absolute atomic E-state index is 9.22. The summed E-state index contributed by atoms with van der Waals surface area (Å²) in [6, 6.07) is 7.97. The summed E-state index contributed by atoms with van der Waals surface area (Å²) in [5.41, 5.74) is 2.55. The molecule has 2 aromatic rings. The van der Waals surface area contributed by atoms with Crippen molar-refractivity contribution in [2.45, 2.75) is 6.54 Å². The number of hydrogen-bond donors (Lipinski definition) is 0. The van der Waals surface area contributed by atoms with E-state index in [9.17, 15) is 5.26 Å². The van der Waals surface area contributed by atoms with Crippen molar-refractivity contribution in [1.29, 1.82) is 5.26 Å². The lowest BCUT2D eigenvalue weighted by atomic mass is 10.0. The summed E-state index contributed by atoms with van der Waals surface area (Å²) in [5.74, 6) is 1.48. The van der Waals surface area contributed by atoms with Crippen LogP contribution in [0.1, 0.15) is 5.56 Å². The van der Waals surface area contributed by atoms with Crippen LogP contribution in [0.5, 0.6) is 11.5 Å². The monoisotopic (exact) mass is 318 g/mol. The van der Waals surface area contributed by atoms with Gasteiger partial charge in [0.15, 0.2) is 11.5 Å². The maximum atomic E-state index is 9.22. The Labute approximate surface area is 119 Å². The normalized spacial score (nSPS) is 12.4. The predicted molar refractivity (Wildman–Crippen MR) is 74.5 cm³/mol. The molecule has 0 spiro atoms. The van der Waals surface area contributed by atoms with Crippen LogP contribution in [-0.4, -0.2) is 16.7 Å². The highest BCUT2D eigenvalue weighted by molar-refractivity contribution is 9.09. The molecule has 0 amide bonds. The molecule has 0 aliphatic carbocycles. The van der Waals surface area contributed by atoms with Crippen molar-refractivity contribution >= 4 is 15.9 Å². The minimum Gasteiger partial charge on any atom is -0.454 e. The first-order valence-electron chi connectivity index (χ1n) is 5.87. The minimum absolute atomic E-state index is 0.258. The zero-order chi connectivity index (χ0) is 13.2. The number of alkyl halides is 1. The fourth-order valence-corrected chi connectivity index (χ4v) is 2.53. The molecule has 0 radical (unpaired) electrons. The second-order valence-corrected chi connectivity index (χ2v) is 4.99. The first-order valence-corrected chi connectivity index (χ1v) is 7.00. The Balaban J connectivity index is 2.04. The highest BCUT2D eigenvalue weighted by Crippen LogP contribution is 2.36. The first kappa shape index (κ1) is 12.1. The van der Waals surface area contributed by atoms with Gasteiger partial charge in [-0.05, 0) is 17.7 Å². The van der Waals surface area contributed by atoms with Gasteiger partial charge in [-0.15, -0.1) is 0 Å². The van der Waals surface area contributed by atoms with E-state index < -0.39 is 0 Å². The lowest BCUT2D eigenvalue weighted by Crippen LogP contribution is -1.93. The number of rotatable bonds is 3. The second-order valence-electron chi connectivity index (χ2n) is 4.19. The zero-order valence-electron chi connectivity index (χ0n) is 10.1. The van der Waals surface area contributed by atoms with E-state index in [0.29, 0.717) is 5.56 Å². The van der Waals surface area contributed by atoms with Crippen molar-refractivity contribution in [3.8, 4) is 28.7 Å². The van der Waals surface area contributed by atoms with Crippen LogP contribution >= 0.6 is 15.9 Å². The van der Waals surface area contributed by atoms with E-state index in [1.54, 1.807) is 0 Å². The Hall–Kier alpha value is -1.93. The SMILES string of the molecule is N#Cc1cn(CCBr)cc1-c1ccc2c(c1)OCO2. The fraction of sp³-hybridized carbons (Fsp3) is 0.214. The van der Waals surface area contributed by atoms with Crippen LogP contribution in [0.15, 0.2) is 30.6 Å². The average Bonchev–Trinajstić information content (AvgIpc) is 3.03. The van der Waals surface area contributed by atoms with Crippen LogP contribution in [0.3, 0.4) is 0 Å². The molecular formula is C14H11BrN2O2. The molecule has 0 fully saturated rings. The van der Waals surface area contributed by atoms with Crippen LogP contribution in [0.25, 0.3) is 11.1 Å². The Morgan fingerprint density at radius 3 is 2.89 bits per heavy atom. The van der Waals surface area contributed by atoms with Gasteiger partial charge < -0.3 is 14.0 Å². The fourth-order valence-electron chi connectivity index (χ4n) is 2.12. The van der Waals surface area contributed by atoms with E-state index in [4.69, 9.17) is 9.47 Å². The molecule has 1 aliphatic heterocycles. The van der Waals surface area contributed by atoms with Crippen molar-refractivity contribution in [1.82, 2.24) is 4.57 Å². The van der Waals surface area contributed by atoms with Crippen molar-refractivity contribution < 1.29 is 9.47 Å². The minimum atomic E-state index is 0.258. The zero-order valence-corrected chi connectivity index (χ0v) is 11.7. The highest BCUT2D eigenvalue weighted by atomic mass is 79.9. The van der Waals surface area contributed by atoms with Crippen LogP contribution in [-0.2, 0) is 6.54 Å². The van der Waals surface area contributed by atoms with Gasteiger partial charge in [0.05, 0.1) is 5.56 Å². The van der Waals surface area contributed by atoms with Crippen molar-refractivity contribution in [2.24, 2.45) is 0 Å². The van der Waals surface area contributed by atoms with Crippen LogP contribution in [0.4, 0.5) is 0 Å². The van der Waals surface area contributed by atoms with E-state index in [0.717, 1.165) is 34.5 Å². The third kappa shape index (κ3) is 2.20. The third-order valence-corrected chi connectivity index (χ3v) is 3.38. The second kappa shape index (κ2) is 4.98. The topological polar surface area (TPSA) is 47.2 Å². The molecule has 5 heteroatoms. The van der Waals surface area contributed by atoms with Gasteiger partial charge in [0, 0.05) is 29.8 Å². The van der Waals surface area contributed by atoms with Gasteiger partial charge in [0.2, 0.25) is 6.79 Å². The van der Waals surface area contributed by atoms with Crippen LogP contribution in [0, 0.1) is 11.3 Å². The maximum Gasteiger partial charge on any atom is 0.231 e. The Bertz CT molecular complexity index is 658. The van der Waals surface area contributed by atoms with E-state index in [2.05, 4.69) is 22.0 Å². The van der Waals surface area contributed by atoms with Gasteiger partial charge in [-0.1, -0.05) is 22.0 Å². The summed E-state index contributed by atoms with van der Waals surface area (Å²) in [6.07, 6.45) is 3.85.